The van der Waals surface area contributed by atoms with E-state index >= 15 is 0 Å². The van der Waals surface area contributed by atoms with Crippen LogP contribution in [0.25, 0.3) is 5.65 Å². The van der Waals surface area contributed by atoms with Crippen LogP contribution in [-0.2, 0) is 6.54 Å². The van der Waals surface area contributed by atoms with Crippen LogP contribution in [0.15, 0.2) is 24.4 Å². The largest absolute Gasteiger partial charge is 0.396 e. The van der Waals surface area contributed by atoms with Crippen LogP contribution >= 0.6 is 0 Å². The first-order valence-electron chi connectivity index (χ1n) is 6.82. The number of imidazole rings is 1. The van der Waals surface area contributed by atoms with E-state index in [1.807, 2.05) is 45.3 Å². The van der Waals surface area contributed by atoms with Crippen molar-refractivity contribution in [2.24, 2.45) is 5.41 Å². The van der Waals surface area contributed by atoms with Gasteiger partial charge in [0.2, 0.25) is 0 Å². The highest BCUT2D eigenvalue weighted by Crippen LogP contribution is 2.19. The predicted octanol–water partition coefficient (Wildman–Crippen LogP) is 1.07. The van der Waals surface area contributed by atoms with E-state index in [1.165, 1.54) is 0 Å². The molecule has 0 unspecified atom stereocenters. The van der Waals surface area contributed by atoms with Crippen molar-refractivity contribution >= 4 is 5.65 Å². The van der Waals surface area contributed by atoms with E-state index in [9.17, 15) is 10.2 Å². The molecule has 2 N–H and O–H groups in total. The summed E-state index contributed by atoms with van der Waals surface area (Å²) in [6.07, 6.45) is 2.01. The molecule has 5 heteroatoms. The Morgan fingerprint density at radius 3 is 2.65 bits per heavy atom. The third-order valence-corrected chi connectivity index (χ3v) is 3.66. The van der Waals surface area contributed by atoms with Gasteiger partial charge in [0.25, 0.3) is 0 Å². The molecule has 0 atom stereocenters. The number of hydrogen-bond donors (Lipinski definition) is 2. The fourth-order valence-corrected chi connectivity index (χ4v) is 2.47. The molecule has 2 aromatic rings. The van der Waals surface area contributed by atoms with E-state index in [1.54, 1.807) is 0 Å². The first-order chi connectivity index (χ1) is 9.49. The average molecular weight is 277 g/mol. The monoisotopic (exact) mass is 277 g/mol. The van der Waals surface area contributed by atoms with Gasteiger partial charge >= 0.3 is 0 Å². The topological polar surface area (TPSA) is 61.0 Å². The van der Waals surface area contributed by atoms with Gasteiger partial charge in [0.1, 0.15) is 5.65 Å². The first-order valence-corrected chi connectivity index (χ1v) is 6.82. The summed E-state index contributed by atoms with van der Waals surface area (Å²) < 4.78 is 2.08. The molecule has 0 saturated carbocycles. The average Bonchev–Trinajstić information content (AvgIpc) is 2.75. The van der Waals surface area contributed by atoms with Crippen LogP contribution in [0, 0.1) is 12.3 Å². The number of aromatic nitrogens is 2. The van der Waals surface area contributed by atoms with Gasteiger partial charge in [-0.2, -0.15) is 0 Å². The van der Waals surface area contributed by atoms with Crippen molar-refractivity contribution in [1.82, 2.24) is 14.3 Å². The van der Waals surface area contributed by atoms with Crippen LogP contribution < -0.4 is 0 Å². The Balaban J connectivity index is 2.18. The maximum atomic E-state index is 9.38. The fraction of sp³-hybridized carbons (Fsp3) is 0.533. The molecule has 0 aromatic carbocycles. The Morgan fingerprint density at radius 1 is 1.30 bits per heavy atom. The third kappa shape index (κ3) is 3.00. The van der Waals surface area contributed by atoms with E-state index in [0.717, 1.165) is 23.6 Å². The SMILES string of the molecule is Cc1nc2ccccn2c1CN(C)CC(C)(CO)CO. The molecule has 0 radical (unpaired) electrons. The molecule has 0 fully saturated rings. The van der Waals surface area contributed by atoms with Crippen molar-refractivity contribution in [3.05, 3.63) is 35.8 Å². The number of aliphatic hydroxyl groups is 2. The summed E-state index contributed by atoms with van der Waals surface area (Å²) in [5, 5.41) is 18.8. The fourth-order valence-electron chi connectivity index (χ4n) is 2.47. The normalized spacial score (nSPS) is 12.5. The number of nitrogens with zero attached hydrogens (tertiary/aromatic N) is 3. The van der Waals surface area contributed by atoms with E-state index in [2.05, 4.69) is 14.3 Å². The highest BCUT2D eigenvalue weighted by molar-refractivity contribution is 5.42. The van der Waals surface area contributed by atoms with Gasteiger partial charge in [-0.1, -0.05) is 13.0 Å². The summed E-state index contributed by atoms with van der Waals surface area (Å²) in [7, 11) is 1.99. The van der Waals surface area contributed by atoms with Gasteiger partial charge in [-0.3, -0.25) is 4.90 Å². The zero-order valence-electron chi connectivity index (χ0n) is 12.4. The third-order valence-electron chi connectivity index (χ3n) is 3.66. The molecule has 0 aliphatic rings. The number of pyridine rings is 1. The lowest BCUT2D eigenvalue weighted by Gasteiger charge is -2.30. The quantitative estimate of drug-likeness (QED) is 0.829. The molecule has 2 aromatic heterocycles. The minimum Gasteiger partial charge on any atom is -0.396 e. The van der Waals surface area contributed by atoms with E-state index in [4.69, 9.17) is 0 Å². The summed E-state index contributed by atoms with van der Waals surface area (Å²) in [5.41, 5.74) is 2.61. The van der Waals surface area contributed by atoms with Gasteiger partial charge in [0.05, 0.1) is 24.6 Å². The predicted molar refractivity (Wildman–Crippen MR) is 78.5 cm³/mol. The maximum absolute atomic E-state index is 9.38. The summed E-state index contributed by atoms with van der Waals surface area (Å²) in [4.78, 5) is 6.65. The van der Waals surface area contributed by atoms with Crippen molar-refractivity contribution in [3.8, 4) is 0 Å². The van der Waals surface area contributed by atoms with Gasteiger partial charge in [-0.15, -0.1) is 0 Å². The summed E-state index contributed by atoms with van der Waals surface area (Å²) in [6, 6.07) is 5.95. The Morgan fingerprint density at radius 2 is 2.00 bits per heavy atom. The second kappa shape index (κ2) is 5.91. The van der Waals surface area contributed by atoms with E-state index in [0.29, 0.717) is 6.54 Å². The molecular weight excluding hydrogens is 254 g/mol. The van der Waals surface area contributed by atoms with Crippen LogP contribution in [0.5, 0.6) is 0 Å². The smallest absolute Gasteiger partial charge is 0.137 e. The summed E-state index contributed by atoms with van der Waals surface area (Å²) >= 11 is 0. The molecular formula is C15H23N3O2. The van der Waals surface area contributed by atoms with Gasteiger partial charge < -0.3 is 14.6 Å². The van der Waals surface area contributed by atoms with Crippen molar-refractivity contribution in [2.45, 2.75) is 20.4 Å². The first kappa shape index (κ1) is 15.0. The Kier molecular flexibility index (Phi) is 4.42. The number of fused-ring (bicyclic) bond motifs is 1. The zero-order valence-corrected chi connectivity index (χ0v) is 12.4. The van der Waals surface area contributed by atoms with Crippen molar-refractivity contribution in [1.29, 1.82) is 0 Å². The summed E-state index contributed by atoms with van der Waals surface area (Å²) in [5.74, 6) is 0. The Bertz CT molecular complexity index is 576. The van der Waals surface area contributed by atoms with Crippen LogP contribution in [0.4, 0.5) is 0 Å². The molecule has 0 bridgehead atoms. The van der Waals surface area contributed by atoms with Crippen LogP contribution in [0.1, 0.15) is 18.3 Å². The zero-order chi connectivity index (χ0) is 14.8. The Labute approximate surface area is 119 Å². The lowest BCUT2D eigenvalue weighted by Crippen LogP contribution is -2.38. The van der Waals surface area contributed by atoms with Crippen LogP contribution in [-0.4, -0.2) is 51.3 Å². The molecule has 0 aliphatic carbocycles. The summed E-state index contributed by atoms with van der Waals surface area (Å²) in [6.45, 7) is 5.18. The van der Waals surface area contributed by atoms with Crippen LogP contribution in [0.2, 0.25) is 0 Å². The molecule has 0 amide bonds. The van der Waals surface area contributed by atoms with E-state index in [-0.39, 0.29) is 13.2 Å². The minimum atomic E-state index is -0.483. The van der Waals surface area contributed by atoms with Crippen LogP contribution in [0.3, 0.4) is 0 Å². The molecule has 0 spiro atoms. The van der Waals surface area contributed by atoms with Gasteiger partial charge in [0, 0.05) is 24.7 Å². The molecule has 5 nitrogen and oxygen atoms in total. The van der Waals surface area contributed by atoms with Gasteiger partial charge in [-0.05, 0) is 26.1 Å². The minimum absolute atomic E-state index is 0.0278. The Hall–Kier alpha value is -1.43. The molecule has 110 valence electrons. The highest BCUT2D eigenvalue weighted by atomic mass is 16.3. The number of hydrogen-bond acceptors (Lipinski definition) is 4. The second-order valence-corrected chi connectivity index (χ2v) is 5.87. The standard InChI is InChI=1S/C15H23N3O2/c1-12-13(18-7-5-4-6-14(18)16-12)8-17(3)9-15(2,10-19)11-20/h4-7,19-20H,8-11H2,1-3H3. The second-order valence-electron chi connectivity index (χ2n) is 5.87. The van der Waals surface area contributed by atoms with E-state index < -0.39 is 5.41 Å². The molecule has 2 heterocycles. The van der Waals surface area contributed by atoms with Crippen molar-refractivity contribution < 1.29 is 10.2 Å². The number of aliphatic hydroxyl groups excluding tert-OH is 2. The van der Waals surface area contributed by atoms with Gasteiger partial charge in [0.15, 0.2) is 0 Å². The number of rotatable bonds is 6. The molecule has 0 saturated heterocycles. The maximum Gasteiger partial charge on any atom is 0.137 e. The lowest BCUT2D eigenvalue weighted by atomic mass is 9.92. The van der Waals surface area contributed by atoms with Crippen molar-refractivity contribution in [2.75, 3.05) is 26.8 Å². The lowest BCUT2D eigenvalue weighted by molar-refractivity contribution is 0.0398. The molecule has 20 heavy (non-hydrogen) atoms. The molecule has 0 aliphatic heterocycles. The van der Waals surface area contributed by atoms with Crippen molar-refractivity contribution in [3.63, 3.8) is 0 Å². The highest BCUT2D eigenvalue weighted by Gasteiger charge is 2.25. The molecule has 2 rings (SSSR count). The van der Waals surface area contributed by atoms with Gasteiger partial charge in [-0.25, -0.2) is 4.98 Å². The number of aryl methyl sites for hydroxylation is 1.